The first-order chi connectivity index (χ1) is 15.9. The SMILES string of the molecule is CCC(CSC(C)=O)NC(=O)C[n+]1ccc(/C=C/c2ccc(N(CCO)CCO)cc2)cc1. The van der Waals surface area contributed by atoms with E-state index >= 15 is 0 Å². The van der Waals surface area contributed by atoms with E-state index in [1.165, 1.54) is 18.7 Å². The Kier molecular flexibility index (Phi) is 11.6. The van der Waals surface area contributed by atoms with Gasteiger partial charge in [-0.3, -0.25) is 9.59 Å². The van der Waals surface area contributed by atoms with Crippen LogP contribution in [-0.4, -0.2) is 59.3 Å². The molecule has 0 radical (unpaired) electrons. The number of amides is 1. The molecular formula is C25H34N3O4S+. The lowest BCUT2D eigenvalue weighted by Gasteiger charge is -2.22. The van der Waals surface area contributed by atoms with Crippen LogP contribution >= 0.6 is 11.8 Å². The van der Waals surface area contributed by atoms with Gasteiger partial charge in [0.15, 0.2) is 17.5 Å². The van der Waals surface area contributed by atoms with E-state index in [2.05, 4.69) is 5.32 Å². The van der Waals surface area contributed by atoms with Crippen LogP contribution in [0.5, 0.6) is 0 Å². The highest BCUT2D eigenvalue weighted by Crippen LogP contribution is 2.16. The van der Waals surface area contributed by atoms with E-state index in [1.807, 2.05) is 77.3 Å². The first-order valence-electron chi connectivity index (χ1n) is 11.1. The summed E-state index contributed by atoms with van der Waals surface area (Å²) in [6.07, 6.45) is 8.54. The van der Waals surface area contributed by atoms with Crippen molar-refractivity contribution in [1.29, 1.82) is 0 Å². The molecule has 2 aromatic rings. The third-order valence-electron chi connectivity index (χ3n) is 5.06. The summed E-state index contributed by atoms with van der Waals surface area (Å²) in [4.78, 5) is 25.4. The minimum Gasteiger partial charge on any atom is -0.395 e. The van der Waals surface area contributed by atoms with Gasteiger partial charge in [0, 0.05) is 49.6 Å². The number of rotatable bonds is 13. The molecule has 1 aromatic carbocycles. The monoisotopic (exact) mass is 472 g/mol. The lowest BCUT2D eigenvalue weighted by Crippen LogP contribution is -2.46. The number of pyridine rings is 1. The second-order valence-electron chi connectivity index (χ2n) is 7.64. The fourth-order valence-corrected chi connectivity index (χ4v) is 3.96. The molecule has 8 heteroatoms. The number of carbonyl (C=O) groups excluding carboxylic acids is 2. The number of thioether (sulfide) groups is 1. The number of benzene rings is 1. The molecule has 0 saturated heterocycles. The lowest BCUT2D eigenvalue weighted by molar-refractivity contribution is -0.684. The quantitative estimate of drug-likeness (QED) is 0.387. The van der Waals surface area contributed by atoms with Crippen LogP contribution in [0.1, 0.15) is 31.4 Å². The Balaban J connectivity index is 1.90. The highest BCUT2D eigenvalue weighted by Gasteiger charge is 2.15. The maximum Gasteiger partial charge on any atom is 0.286 e. The molecule has 33 heavy (non-hydrogen) atoms. The summed E-state index contributed by atoms with van der Waals surface area (Å²) >= 11 is 1.23. The number of carbonyl (C=O) groups is 2. The Morgan fingerprint density at radius 3 is 2.12 bits per heavy atom. The van der Waals surface area contributed by atoms with E-state index in [-0.39, 0.29) is 36.8 Å². The minimum atomic E-state index is -0.0733. The van der Waals surface area contributed by atoms with Gasteiger partial charge in [-0.1, -0.05) is 43.0 Å². The molecule has 0 aliphatic heterocycles. The van der Waals surface area contributed by atoms with Gasteiger partial charge in [0.05, 0.1) is 13.2 Å². The van der Waals surface area contributed by atoms with E-state index in [4.69, 9.17) is 0 Å². The highest BCUT2D eigenvalue weighted by atomic mass is 32.2. The van der Waals surface area contributed by atoms with Crippen LogP contribution < -0.4 is 14.8 Å². The van der Waals surface area contributed by atoms with E-state index in [9.17, 15) is 19.8 Å². The zero-order valence-corrected chi connectivity index (χ0v) is 20.1. The summed E-state index contributed by atoms with van der Waals surface area (Å²) in [5.41, 5.74) is 3.01. The molecule has 2 rings (SSSR count). The van der Waals surface area contributed by atoms with Gasteiger partial charge in [-0.15, -0.1) is 0 Å². The molecule has 1 atom stereocenters. The van der Waals surface area contributed by atoms with Crippen molar-refractivity contribution in [2.75, 3.05) is 37.0 Å². The smallest absolute Gasteiger partial charge is 0.286 e. The number of nitrogens with zero attached hydrogens (tertiary/aromatic N) is 2. The molecule has 0 fully saturated rings. The molecule has 1 heterocycles. The molecule has 1 aromatic heterocycles. The van der Waals surface area contributed by atoms with Gasteiger partial charge >= 0.3 is 0 Å². The molecule has 0 spiro atoms. The maximum atomic E-state index is 12.3. The fourth-order valence-electron chi connectivity index (χ4n) is 3.20. The van der Waals surface area contributed by atoms with Crippen LogP contribution in [0.4, 0.5) is 5.69 Å². The molecule has 178 valence electrons. The van der Waals surface area contributed by atoms with Gasteiger partial charge in [0.1, 0.15) is 0 Å². The number of nitrogens with one attached hydrogen (secondary N) is 1. The predicted octanol–water partition coefficient (Wildman–Crippen LogP) is 2.11. The normalized spacial score (nSPS) is 12.0. The Bertz CT molecular complexity index is 895. The van der Waals surface area contributed by atoms with Gasteiger partial charge in [-0.05, 0) is 29.7 Å². The predicted molar refractivity (Wildman–Crippen MR) is 134 cm³/mol. The summed E-state index contributed by atoms with van der Waals surface area (Å²) in [7, 11) is 0. The first-order valence-corrected chi connectivity index (χ1v) is 12.1. The summed E-state index contributed by atoms with van der Waals surface area (Å²) in [5.74, 6) is 0.518. The van der Waals surface area contributed by atoms with Crippen molar-refractivity contribution < 1.29 is 24.4 Å². The average molecular weight is 473 g/mol. The van der Waals surface area contributed by atoms with Crippen LogP contribution in [0.25, 0.3) is 12.2 Å². The van der Waals surface area contributed by atoms with Crippen molar-refractivity contribution in [3.8, 4) is 0 Å². The van der Waals surface area contributed by atoms with Crippen LogP contribution in [-0.2, 0) is 16.1 Å². The summed E-state index contributed by atoms with van der Waals surface area (Å²) < 4.78 is 1.82. The molecule has 7 nitrogen and oxygen atoms in total. The van der Waals surface area contributed by atoms with Crippen molar-refractivity contribution in [1.82, 2.24) is 5.32 Å². The third kappa shape index (κ3) is 9.77. The number of hydrogen-bond donors (Lipinski definition) is 3. The van der Waals surface area contributed by atoms with Gasteiger partial charge in [0.2, 0.25) is 6.54 Å². The second kappa shape index (κ2) is 14.5. The van der Waals surface area contributed by atoms with Crippen molar-refractivity contribution in [3.63, 3.8) is 0 Å². The van der Waals surface area contributed by atoms with Crippen LogP contribution in [0, 0.1) is 0 Å². The van der Waals surface area contributed by atoms with Gasteiger partial charge in [0.25, 0.3) is 5.91 Å². The molecule has 0 aliphatic carbocycles. The van der Waals surface area contributed by atoms with E-state index in [0.717, 1.165) is 23.2 Å². The molecular weight excluding hydrogens is 438 g/mol. The fraction of sp³-hybridized carbons (Fsp3) is 0.400. The first kappa shape index (κ1) is 26.6. The zero-order valence-electron chi connectivity index (χ0n) is 19.3. The standard InChI is InChI=1S/C25H33N3O4S/c1-3-23(19-33-20(2)31)26-25(32)18-27-12-10-22(11-13-27)5-4-21-6-8-24(9-7-21)28(14-16-29)15-17-30/h4-13,23,29-30H,3,14-19H2,1-2H3/p+1. The zero-order chi connectivity index (χ0) is 24.1. The molecule has 0 aliphatic rings. The van der Waals surface area contributed by atoms with Gasteiger partial charge in [-0.25, -0.2) is 0 Å². The van der Waals surface area contributed by atoms with Crippen LogP contribution in [0.3, 0.4) is 0 Å². The summed E-state index contributed by atoms with van der Waals surface area (Å²) in [6.45, 7) is 4.79. The average Bonchev–Trinajstić information content (AvgIpc) is 2.81. The third-order valence-corrected chi connectivity index (χ3v) is 6.03. The number of aromatic nitrogens is 1. The Morgan fingerprint density at radius 2 is 1.61 bits per heavy atom. The number of aliphatic hydroxyl groups excluding tert-OH is 2. The van der Waals surface area contributed by atoms with E-state index in [1.54, 1.807) is 0 Å². The van der Waals surface area contributed by atoms with Gasteiger partial charge in [-0.2, -0.15) is 4.57 Å². The molecule has 3 N–H and O–H groups in total. The maximum absolute atomic E-state index is 12.3. The number of anilines is 1. The van der Waals surface area contributed by atoms with E-state index < -0.39 is 0 Å². The molecule has 1 unspecified atom stereocenters. The Labute approximate surface area is 200 Å². The van der Waals surface area contributed by atoms with Gasteiger partial charge < -0.3 is 20.4 Å². The number of hydrogen-bond acceptors (Lipinski definition) is 6. The topological polar surface area (TPSA) is 93.8 Å². The minimum absolute atomic E-state index is 0.0139. The van der Waals surface area contributed by atoms with E-state index in [0.29, 0.717) is 18.8 Å². The van der Waals surface area contributed by atoms with Crippen LogP contribution in [0.2, 0.25) is 0 Å². The lowest BCUT2D eigenvalue weighted by atomic mass is 10.1. The Morgan fingerprint density at radius 1 is 1.03 bits per heavy atom. The van der Waals surface area contributed by atoms with Crippen molar-refractivity contribution >= 4 is 40.6 Å². The molecule has 1 amide bonds. The Hall–Kier alpha value is -2.68. The van der Waals surface area contributed by atoms with Crippen molar-refractivity contribution in [2.24, 2.45) is 0 Å². The summed E-state index contributed by atoms with van der Waals surface area (Å²) in [5, 5.41) is 21.4. The van der Waals surface area contributed by atoms with Crippen molar-refractivity contribution in [2.45, 2.75) is 32.9 Å². The highest BCUT2D eigenvalue weighted by molar-refractivity contribution is 8.13. The molecule has 0 bridgehead atoms. The van der Waals surface area contributed by atoms with Crippen LogP contribution in [0.15, 0.2) is 48.8 Å². The number of aliphatic hydroxyl groups is 2. The molecule has 0 saturated carbocycles. The summed E-state index contributed by atoms with van der Waals surface area (Å²) in [6, 6.07) is 11.8. The van der Waals surface area contributed by atoms with Crippen molar-refractivity contribution in [3.05, 3.63) is 59.9 Å². The largest absolute Gasteiger partial charge is 0.395 e. The second-order valence-corrected chi connectivity index (χ2v) is 8.84.